The van der Waals surface area contributed by atoms with Gasteiger partial charge in [-0.2, -0.15) is 0 Å². The first-order valence-corrected chi connectivity index (χ1v) is 9.93. The summed E-state index contributed by atoms with van der Waals surface area (Å²) in [5.74, 6) is -1.18. The van der Waals surface area contributed by atoms with Gasteiger partial charge in [0.2, 0.25) is 0 Å². The lowest BCUT2D eigenvalue weighted by atomic mass is 10.1. The average molecular weight is 399 g/mol. The summed E-state index contributed by atoms with van der Waals surface area (Å²) in [6, 6.07) is 9.45. The van der Waals surface area contributed by atoms with Crippen LogP contribution in [0.3, 0.4) is 0 Å². The standard InChI is InChI=1S/C22H23F2N3O2/c1-2-3-8-20-25-19-7-5-4-6-16(19)22(28)27(20)21-17(23)13-15(14-18(21)24)26-9-11-29-12-10-26/h4-7,13-14H,2-3,8-12H2,1H3. The second-order valence-electron chi connectivity index (χ2n) is 7.15. The van der Waals surface area contributed by atoms with Gasteiger partial charge in [0.1, 0.15) is 11.5 Å². The second kappa shape index (κ2) is 8.29. The van der Waals surface area contributed by atoms with Crippen molar-refractivity contribution >= 4 is 16.6 Å². The quantitative estimate of drug-likeness (QED) is 0.654. The Morgan fingerprint density at radius 3 is 2.48 bits per heavy atom. The first-order valence-electron chi connectivity index (χ1n) is 9.93. The van der Waals surface area contributed by atoms with Gasteiger partial charge >= 0.3 is 0 Å². The molecule has 0 atom stereocenters. The summed E-state index contributed by atoms with van der Waals surface area (Å²) in [6.07, 6.45) is 2.10. The maximum atomic E-state index is 15.1. The Labute approximate surface area is 167 Å². The summed E-state index contributed by atoms with van der Waals surface area (Å²) in [4.78, 5) is 19.6. The van der Waals surface area contributed by atoms with E-state index < -0.39 is 17.2 Å². The number of fused-ring (bicyclic) bond motifs is 1. The Balaban J connectivity index is 1.89. The van der Waals surface area contributed by atoms with E-state index in [0.29, 0.717) is 55.1 Å². The summed E-state index contributed by atoms with van der Waals surface area (Å²) >= 11 is 0. The van der Waals surface area contributed by atoms with Crippen LogP contribution < -0.4 is 10.5 Å². The highest BCUT2D eigenvalue weighted by molar-refractivity contribution is 5.78. The zero-order valence-corrected chi connectivity index (χ0v) is 16.3. The molecule has 1 fully saturated rings. The van der Waals surface area contributed by atoms with Crippen molar-refractivity contribution in [3.63, 3.8) is 0 Å². The van der Waals surface area contributed by atoms with Crippen molar-refractivity contribution in [2.45, 2.75) is 26.2 Å². The molecule has 0 saturated carbocycles. The van der Waals surface area contributed by atoms with Gasteiger partial charge in [-0.1, -0.05) is 25.5 Å². The van der Waals surface area contributed by atoms with E-state index in [0.717, 1.165) is 17.4 Å². The molecule has 1 aromatic heterocycles. The lowest BCUT2D eigenvalue weighted by molar-refractivity contribution is 0.122. The molecule has 3 aromatic rings. The number of unbranched alkanes of at least 4 members (excludes halogenated alkanes) is 1. The molecular formula is C22H23F2N3O2. The van der Waals surface area contributed by atoms with Gasteiger partial charge in [-0.25, -0.2) is 13.8 Å². The fourth-order valence-electron chi connectivity index (χ4n) is 3.68. The zero-order chi connectivity index (χ0) is 20.4. The molecule has 0 amide bonds. The van der Waals surface area contributed by atoms with E-state index >= 15 is 8.78 Å². The minimum absolute atomic E-state index is 0.337. The van der Waals surface area contributed by atoms with Crippen LogP contribution in [0.15, 0.2) is 41.2 Å². The Morgan fingerprint density at radius 1 is 1.10 bits per heavy atom. The van der Waals surface area contributed by atoms with Crippen molar-refractivity contribution in [2.75, 3.05) is 31.2 Å². The Kier molecular flexibility index (Phi) is 5.58. The molecule has 2 heterocycles. The summed E-state index contributed by atoms with van der Waals surface area (Å²) in [5, 5.41) is 0.337. The molecule has 4 rings (SSSR count). The first kappa shape index (κ1) is 19.5. The number of rotatable bonds is 5. The van der Waals surface area contributed by atoms with E-state index in [1.54, 1.807) is 24.3 Å². The van der Waals surface area contributed by atoms with Gasteiger partial charge in [0, 0.05) is 25.2 Å². The van der Waals surface area contributed by atoms with Gasteiger partial charge in [-0.15, -0.1) is 0 Å². The van der Waals surface area contributed by atoms with Gasteiger partial charge < -0.3 is 9.64 Å². The van der Waals surface area contributed by atoms with Gasteiger partial charge in [0.15, 0.2) is 11.6 Å². The molecule has 1 saturated heterocycles. The lowest BCUT2D eigenvalue weighted by Gasteiger charge is -2.29. The number of aromatic nitrogens is 2. The minimum atomic E-state index is -0.775. The van der Waals surface area contributed by atoms with Crippen molar-refractivity contribution in [2.24, 2.45) is 0 Å². The third-order valence-electron chi connectivity index (χ3n) is 5.20. The molecule has 2 aromatic carbocycles. The van der Waals surface area contributed by atoms with Gasteiger partial charge in [-0.05, 0) is 30.7 Å². The topological polar surface area (TPSA) is 47.4 Å². The molecule has 0 bridgehead atoms. The monoisotopic (exact) mass is 399 g/mol. The van der Waals surface area contributed by atoms with E-state index in [2.05, 4.69) is 4.98 Å². The van der Waals surface area contributed by atoms with Crippen LogP contribution in [0.25, 0.3) is 16.6 Å². The number of morpholine rings is 1. The van der Waals surface area contributed by atoms with Crippen LogP contribution in [0.4, 0.5) is 14.5 Å². The molecule has 1 aliphatic rings. The third kappa shape index (κ3) is 3.74. The number of aryl methyl sites for hydroxylation is 1. The van der Waals surface area contributed by atoms with E-state index in [1.807, 2.05) is 11.8 Å². The average Bonchev–Trinajstić information content (AvgIpc) is 2.74. The molecule has 1 aliphatic heterocycles. The van der Waals surface area contributed by atoms with Crippen LogP contribution in [-0.4, -0.2) is 35.9 Å². The maximum absolute atomic E-state index is 15.1. The van der Waals surface area contributed by atoms with E-state index in [-0.39, 0.29) is 5.69 Å². The number of ether oxygens (including phenoxy) is 1. The van der Waals surface area contributed by atoms with Crippen LogP contribution in [0.1, 0.15) is 25.6 Å². The van der Waals surface area contributed by atoms with Crippen molar-refractivity contribution in [1.29, 1.82) is 0 Å². The van der Waals surface area contributed by atoms with Crippen LogP contribution in [0.2, 0.25) is 0 Å². The van der Waals surface area contributed by atoms with Crippen molar-refractivity contribution in [3.8, 4) is 5.69 Å². The largest absolute Gasteiger partial charge is 0.378 e. The second-order valence-corrected chi connectivity index (χ2v) is 7.15. The SMILES string of the molecule is CCCCc1nc2ccccc2c(=O)n1-c1c(F)cc(N2CCOCC2)cc1F. The molecule has 0 aliphatic carbocycles. The predicted octanol–water partition coefficient (Wildman–Crippen LogP) is 3.84. The predicted molar refractivity (Wildman–Crippen MR) is 109 cm³/mol. The number of halogens is 2. The van der Waals surface area contributed by atoms with Crippen LogP contribution in [0, 0.1) is 11.6 Å². The van der Waals surface area contributed by atoms with E-state index in [4.69, 9.17) is 4.74 Å². The smallest absolute Gasteiger partial charge is 0.266 e. The Morgan fingerprint density at radius 2 is 1.79 bits per heavy atom. The highest BCUT2D eigenvalue weighted by Gasteiger charge is 2.22. The molecule has 5 nitrogen and oxygen atoms in total. The third-order valence-corrected chi connectivity index (χ3v) is 5.20. The van der Waals surface area contributed by atoms with Crippen molar-refractivity contribution in [1.82, 2.24) is 9.55 Å². The van der Waals surface area contributed by atoms with Crippen molar-refractivity contribution in [3.05, 3.63) is 64.2 Å². The summed E-state index contributed by atoms with van der Waals surface area (Å²) < 4.78 is 36.7. The number of anilines is 1. The summed E-state index contributed by atoms with van der Waals surface area (Å²) in [6.45, 7) is 4.18. The molecule has 0 N–H and O–H groups in total. The molecule has 152 valence electrons. The highest BCUT2D eigenvalue weighted by Crippen LogP contribution is 2.26. The number of nitrogens with zero attached hydrogens (tertiary/aromatic N) is 3. The highest BCUT2D eigenvalue weighted by atomic mass is 19.1. The van der Waals surface area contributed by atoms with Crippen molar-refractivity contribution < 1.29 is 13.5 Å². The Bertz CT molecular complexity index is 1070. The Hall–Kier alpha value is -2.80. The molecule has 0 spiro atoms. The van der Waals surface area contributed by atoms with E-state index in [9.17, 15) is 4.79 Å². The zero-order valence-electron chi connectivity index (χ0n) is 16.3. The van der Waals surface area contributed by atoms with E-state index in [1.165, 1.54) is 12.1 Å². The number of para-hydroxylation sites is 1. The molecular weight excluding hydrogens is 376 g/mol. The minimum Gasteiger partial charge on any atom is -0.378 e. The normalized spacial score (nSPS) is 14.5. The van der Waals surface area contributed by atoms with Gasteiger partial charge in [-0.3, -0.25) is 9.36 Å². The first-order chi connectivity index (χ1) is 14.1. The fraction of sp³-hybridized carbons (Fsp3) is 0.364. The van der Waals surface area contributed by atoms with Crippen LogP contribution in [-0.2, 0) is 11.2 Å². The molecule has 0 radical (unpaired) electrons. The maximum Gasteiger partial charge on any atom is 0.266 e. The number of hydrogen-bond acceptors (Lipinski definition) is 4. The van der Waals surface area contributed by atoms with Crippen LogP contribution in [0.5, 0.6) is 0 Å². The molecule has 29 heavy (non-hydrogen) atoms. The molecule has 0 unspecified atom stereocenters. The number of benzene rings is 2. The summed E-state index contributed by atoms with van der Waals surface area (Å²) in [7, 11) is 0. The van der Waals surface area contributed by atoms with Gasteiger partial charge in [0.05, 0.1) is 24.1 Å². The fourth-order valence-corrected chi connectivity index (χ4v) is 3.68. The molecule has 7 heteroatoms. The summed E-state index contributed by atoms with van der Waals surface area (Å²) in [5.41, 5.74) is 0.157. The number of hydrogen-bond donors (Lipinski definition) is 0. The van der Waals surface area contributed by atoms with Gasteiger partial charge in [0.25, 0.3) is 5.56 Å². The van der Waals surface area contributed by atoms with Crippen LogP contribution >= 0.6 is 0 Å². The lowest BCUT2D eigenvalue weighted by Crippen LogP contribution is -2.36.